The normalized spacial score (nSPS) is 13.7. The molecule has 100 valence electrons. The van der Waals surface area contributed by atoms with Crippen molar-refractivity contribution in [2.45, 2.75) is 6.92 Å². The van der Waals surface area contributed by atoms with Crippen molar-refractivity contribution in [2.75, 3.05) is 18.4 Å². The molecule has 1 aliphatic rings. The van der Waals surface area contributed by atoms with Crippen LogP contribution in [0.1, 0.15) is 6.92 Å². The standard InChI is InChI=1S/C12H12BrN3O3/c1-7(8-5-14-6-8)12(17)15-11-3-2-9(16(18)19)4-10(11)13/h2-4,14H,5-6H2,1H3,(H,15,17). The lowest BCUT2D eigenvalue weighted by Gasteiger charge is -2.21. The van der Waals surface area contributed by atoms with Crippen LogP contribution in [0, 0.1) is 10.1 Å². The number of nitrogens with zero attached hydrogens (tertiary/aromatic N) is 1. The van der Waals surface area contributed by atoms with Crippen molar-refractivity contribution >= 4 is 33.2 Å². The van der Waals surface area contributed by atoms with Crippen LogP contribution in [0.3, 0.4) is 0 Å². The van der Waals surface area contributed by atoms with Crippen molar-refractivity contribution in [3.8, 4) is 0 Å². The number of nitro groups is 1. The van der Waals surface area contributed by atoms with Gasteiger partial charge in [0.05, 0.1) is 10.6 Å². The van der Waals surface area contributed by atoms with Crippen molar-refractivity contribution in [3.63, 3.8) is 0 Å². The number of nitro benzene ring substituents is 1. The van der Waals surface area contributed by atoms with Gasteiger partial charge in [-0.25, -0.2) is 0 Å². The van der Waals surface area contributed by atoms with Crippen LogP contribution >= 0.6 is 15.9 Å². The van der Waals surface area contributed by atoms with Crippen LogP contribution in [0.15, 0.2) is 33.8 Å². The predicted molar refractivity (Wildman–Crippen MR) is 75.0 cm³/mol. The van der Waals surface area contributed by atoms with Gasteiger partial charge in [0, 0.05) is 35.3 Å². The molecule has 7 heteroatoms. The number of anilines is 1. The van der Waals surface area contributed by atoms with Crippen molar-refractivity contribution < 1.29 is 9.72 Å². The van der Waals surface area contributed by atoms with Crippen LogP contribution in [-0.2, 0) is 4.79 Å². The van der Waals surface area contributed by atoms with E-state index in [0.29, 0.717) is 15.7 Å². The summed E-state index contributed by atoms with van der Waals surface area (Å²) in [5.41, 5.74) is 2.26. The van der Waals surface area contributed by atoms with E-state index in [4.69, 9.17) is 0 Å². The summed E-state index contributed by atoms with van der Waals surface area (Å²) in [6.45, 7) is 3.24. The molecular weight excluding hydrogens is 314 g/mol. The number of hydrogen-bond acceptors (Lipinski definition) is 4. The Kier molecular flexibility index (Phi) is 3.96. The predicted octanol–water partition coefficient (Wildman–Crippen LogP) is 2.22. The first kappa shape index (κ1) is 13.7. The van der Waals surface area contributed by atoms with Crippen LogP contribution in [0.25, 0.3) is 0 Å². The van der Waals surface area contributed by atoms with Gasteiger partial charge in [-0.3, -0.25) is 14.9 Å². The topological polar surface area (TPSA) is 84.3 Å². The lowest BCUT2D eigenvalue weighted by atomic mass is 10.0. The van der Waals surface area contributed by atoms with E-state index in [9.17, 15) is 14.9 Å². The largest absolute Gasteiger partial charge is 0.321 e. The number of benzene rings is 1. The summed E-state index contributed by atoms with van der Waals surface area (Å²) < 4.78 is 0.486. The number of non-ortho nitro benzene ring substituents is 1. The summed E-state index contributed by atoms with van der Waals surface area (Å²) >= 11 is 3.21. The zero-order valence-corrected chi connectivity index (χ0v) is 11.8. The summed E-state index contributed by atoms with van der Waals surface area (Å²) in [4.78, 5) is 22.1. The Bertz CT molecular complexity index is 578. The Morgan fingerprint density at radius 1 is 1.47 bits per heavy atom. The van der Waals surface area contributed by atoms with Gasteiger partial charge in [0.1, 0.15) is 0 Å². The van der Waals surface area contributed by atoms with Gasteiger partial charge in [0.2, 0.25) is 0 Å². The smallest absolute Gasteiger partial charge is 0.270 e. The zero-order valence-electron chi connectivity index (χ0n) is 10.2. The maximum Gasteiger partial charge on any atom is 0.270 e. The van der Waals surface area contributed by atoms with Crippen LogP contribution in [-0.4, -0.2) is 23.9 Å². The lowest BCUT2D eigenvalue weighted by Crippen LogP contribution is -2.36. The zero-order chi connectivity index (χ0) is 14.0. The van der Waals surface area contributed by atoms with Gasteiger partial charge >= 0.3 is 0 Å². The van der Waals surface area contributed by atoms with Gasteiger partial charge < -0.3 is 10.6 Å². The molecule has 0 unspecified atom stereocenters. The third-order valence-corrected chi connectivity index (χ3v) is 3.62. The fourth-order valence-corrected chi connectivity index (χ4v) is 2.08. The molecule has 0 aromatic heterocycles. The number of halogens is 1. The van der Waals surface area contributed by atoms with Crippen LogP contribution in [0.5, 0.6) is 0 Å². The van der Waals surface area contributed by atoms with E-state index in [-0.39, 0.29) is 11.6 Å². The highest BCUT2D eigenvalue weighted by Gasteiger charge is 2.17. The molecule has 1 aromatic rings. The van der Waals surface area contributed by atoms with E-state index in [2.05, 4.69) is 26.6 Å². The monoisotopic (exact) mass is 325 g/mol. The number of carbonyl (C=O) groups excluding carboxylic acids is 1. The first-order chi connectivity index (χ1) is 8.99. The van der Waals surface area contributed by atoms with Crippen molar-refractivity contribution in [2.24, 2.45) is 0 Å². The summed E-state index contributed by atoms with van der Waals surface area (Å²) in [5, 5.41) is 16.4. The highest BCUT2D eigenvalue weighted by atomic mass is 79.9. The molecule has 1 amide bonds. The Balaban J connectivity index is 2.15. The molecule has 0 spiro atoms. The quantitative estimate of drug-likeness (QED) is 0.507. The van der Waals surface area contributed by atoms with E-state index in [1.54, 1.807) is 6.92 Å². The van der Waals surface area contributed by atoms with Gasteiger partial charge in [-0.2, -0.15) is 0 Å². The average molecular weight is 326 g/mol. The van der Waals surface area contributed by atoms with E-state index in [1.807, 2.05) is 0 Å². The fourth-order valence-electron chi connectivity index (χ4n) is 1.61. The molecule has 1 aliphatic heterocycles. The molecule has 0 radical (unpaired) electrons. The number of rotatable bonds is 3. The summed E-state index contributed by atoms with van der Waals surface area (Å²) in [6, 6.07) is 4.23. The van der Waals surface area contributed by atoms with Gasteiger partial charge in [0.15, 0.2) is 0 Å². The lowest BCUT2D eigenvalue weighted by molar-refractivity contribution is -0.384. The Morgan fingerprint density at radius 2 is 2.16 bits per heavy atom. The number of amides is 1. The summed E-state index contributed by atoms with van der Waals surface area (Å²) in [6.07, 6.45) is 0. The minimum atomic E-state index is -0.483. The SMILES string of the molecule is CC(C(=O)Nc1ccc([N+](=O)[O-])cc1Br)=C1CNC1. The molecule has 2 N–H and O–H groups in total. The van der Waals surface area contributed by atoms with Crippen LogP contribution in [0.4, 0.5) is 11.4 Å². The third kappa shape index (κ3) is 2.99. The van der Waals surface area contributed by atoms with Gasteiger partial charge in [-0.15, -0.1) is 0 Å². The second-order valence-electron chi connectivity index (χ2n) is 4.21. The van der Waals surface area contributed by atoms with Gasteiger partial charge in [-0.05, 0) is 34.5 Å². The summed E-state index contributed by atoms with van der Waals surface area (Å²) in [7, 11) is 0. The van der Waals surface area contributed by atoms with E-state index < -0.39 is 4.92 Å². The first-order valence-electron chi connectivity index (χ1n) is 5.63. The molecule has 19 heavy (non-hydrogen) atoms. The number of nitrogens with one attached hydrogen (secondary N) is 2. The number of carbonyl (C=O) groups is 1. The molecule has 0 saturated carbocycles. The summed E-state index contributed by atoms with van der Waals surface area (Å²) in [5.74, 6) is -0.189. The second kappa shape index (κ2) is 5.50. The van der Waals surface area contributed by atoms with Gasteiger partial charge in [0.25, 0.3) is 11.6 Å². The molecule has 2 rings (SSSR count). The van der Waals surface area contributed by atoms with Crippen molar-refractivity contribution in [3.05, 3.63) is 43.9 Å². The molecule has 1 fully saturated rings. The maximum atomic E-state index is 12.0. The fraction of sp³-hybridized carbons (Fsp3) is 0.250. The Hall–Kier alpha value is -1.73. The minimum Gasteiger partial charge on any atom is -0.321 e. The average Bonchev–Trinajstić information content (AvgIpc) is 2.29. The molecule has 1 heterocycles. The first-order valence-corrected chi connectivity index (χ1v) is 6.43. The van der Waals surface area contributed by atoms with E-state index >= 15 is 0 Å². The van der Waals surface area contributed by atoms with Crippen LogP contribution in [0.2, 0.25) is 0 Å². The minimum absolute atomic E-state index is 0.0249. The van der Waals surface area contributed by atoms with Crippen molar-refractivity contribution in [1.82, 2.24) is 5.32 Å². The molecule has 0 aliphatic carbocycles. The molecular formula is C12H12BrN3O3. The number of hydrogen-bond donors (Lipinski definition) is 2. The molecule has 6 nitrogen and oxygen atoms in total. The van der Waals surface area contributed by atoms with E-state index in [1.165, 1.54) is 18.2 Å². The molecule has 0 bridgehead atoms. The molecule has 1 saturated heterocycles. The maximum absolute atomic E-state index is 12.0. The Labute approximate surface area is 118 Å². The van der Waals surface area contributed by atoms with Crippen LogP contribution < -0.4 is 10.6 Å². The van der Waals surface area contributed by atoms with Gasteiger partial charge in [-0.1, -0.05) is 0 Å². The molecule has 1 aromatic carbocycles. The highest BCUT2D eigenvalue weighted by Crippen LogP contribution is 2.27. The highest BCUT2D eigenvalue weighted by molar-refractivity contribution is 9.10. The third-order valence-electron chi connectivity index (χ3n) is 2.96. The van der Waals surface area contributed by atoms with E-state index in [0.717, 1.165) is 18.7 Å². The van der Waals surface area contributed by atoms with Crippen molar-refractivity contribution in [1.29, 1.82) is 0 Å². The Morgan fingerprint density at radius 3 is 2.63 bits per heavy atom. The molecule has 0 atom stereocenters. The second-order valence-corrected chi connectivity index (χ2v) is 5.06.